The third-order valence-electron chi connectivity index (χ3n) is 7.42. The molecule has 0 aromatic heterocycles. The van der Waals surface area contributed by atoms with Gasteiger partial charge < -0.3 is 4.74 Å². The number of ether oxygens (including phenoxy) is 1. The zero-order valence-corrected chi connectivity index (χ0v) is 17.2. The van der Waals surface area contributed by atoms with Crippen molar-refractivity contribution in [2.75, 3.05) is 13.1 Å². The van der Waals surface area contributed by atoms with Crippen molar-refractivity contribution in [3.63, 3.8) is 0 Å². The average Bonchev–Trinajstić information content (AvgIpc) is 3.17. The summed E-state index contributed by atoms with van der Waals surface area (Å²) in [7, 11) is -3.63. The van der Waals surface area contributed by atoms with Gasteiger partial charge in [0.05, 0.1) is 4.90 Å². The number of sulfonamides is 1. The number of alkyl halides is 2. The van der Waals surface area contributed by atoms with E-state index in [1.165, 1.54) is 56.6 Å². The third-order valence-corrected chi connectivity index (χ3v) is 9.44. The second kappa shape index (κ2) is 7.46. The molecule has 0 amide bonds. The molecule has 1 aromatic rings. The van der Waals surface area contributed by atoms with E-state index >= 15 is 0 Å². The first kappa shape index (κ1) is 19.7. The van der Waals surface area contributed by atoms with Crippen LogP contribution in [0.1, 0.15) is 44.9 Å². The largest absolute Gasteiger partial charge is 0.435 e. The van der Waals surface area contributed by atoms with Crippen LogP contribution < -0.4 is 4.74 Å². The summed E-state index contributed by atoms with van der Waals surface area (Å²) in [6.07, 6.45) is 7.71. The van der Waals surface area contributed by atoms with Crippen LogP contribution in [0.25, 0.3) is 0 Å². The predicted octanol–water partition coefficient (Wildman–Crippen LogP) is 3.70. The molecule has 3 aliphatic heterocycles. The maximum Gasteiger partial charge on any atom is 0.387 e. The van der Waals surface area contributed by atoms with E-state index in [2.05, 4.69) is 9.64 Å². The molecule has 3 saturated heterocycles. The second-order valence-electron chi connectivity index (χ2n) is 9.19. The maximum absolute atomic E-state index is 13.3. The van der Waals surface area contributed by atoms with Crippen molar-refractivity contribution in [3.05, 3.63) is 24.3 Å². The van der Waals surface area contributed by atoms with Crippen molar-refractivity contribution in [2.24, 2.45) is 11.8 Å². The summed E-state index contributed by atoms with van der Waals surface area (Å²) in [6.45, 7) is -0.560. The molecule has 4 aliphatic rings. The van der Waals surface area contributed by atoms with Crippen molar-refractivity contribution in [1.82, 2.24) is 9.21 Å². The molecule has 3 heterocycles. The van der Waals surface area contributed by atoms with E-state index in [0.717, 1.165) is 37.5 Å². The van der Waals surface area contributed by atoms with Gasteiger partial charge in [-0.1, -0.05) is 0 Å². The van der Waals surface area contributed by atoms with E-state index in [4.69, 9.17) is 0 Å². The highest BCUT2D eigenvalue weighted by Crippen LogP contribution is 2.44. The summed E-state index contributed by atoms with van der Waals surface area (Å²) < 4.78 is 57.3. The SMILES string of the molecule is O=S(=O)(c1ccc(OC(F)F)cc1)N1C2CCC1CC(N1CC3CCC(C3)C1)C2. The summed E-state index contributed by atoms with van der Waals surface area (Å²) in [5, 5.41) is 0. The number of rotatable bonds is 5. The van der Waals surface area contributed by atoms with Crippen LogP contribution in [0.3, 0.4) is 0 Å². The smallest absolute Gasteiger partial charge is 0.387 e. The fraction of sp³-hybridized carbons (Fsp3) is 0.714. The third kappa shape index (κ3) is 3.68. The molecule has 0 spiro atoms. The van der Waals surface area contributed by atoms with Crippen LogP contribution in [-0.2, 0) is 10.0 Å². The van der Waals surface area contributed by atoms with Gasteiger partial charge in [-0.2, -0.15) is 13.1 Å². The molecule has 0 N–H and O–H groups in total. The summed E-state index contributed by atoms with van der Waals surface area (Å²) in [5.41, 5.74) is 0. The normalized spacial score (nSPS) is 35.3. The highest BCUT2D eigenvalue weighted by Gasteiger charge is 2.49. The lowest BCUT2D eigenvalue weighted by molar-refractivity contribution is -0.0498. The van der Waals surface area contributed by atoms with Crippen LogP contribution in [-0.4, -0.2) is 55.4 Å². The number of hydrogen-bond donors (Lipinski definition) is 0. The molecule has 5 nitrogen and oxygen atoms in total. The van der Waals surface area contributed by atoms with E-state index in [9.17, 15) is 17.2 Å². The van der Waals surface area contributed by atoms with Gasteiger partial charge in [0.2, 0.25) is 10.0 Å². The molecule has 160 valence electrons. The molecular formula is C21H28F2N2O3S. The van der Waals surface area contributed by atoms with Crippen LogP contribution >= 0.6 is 0 Å². The Morgan fingerprint density at radius 2 is 1.45 bits per heavy atom. The Kier molecular flexibility index (Phi) is 5.07. The highest BCUT2D eigenvalue weighted by atomic mass is 32.2. The molecule has 0 radical (unpaired) electrons. The summed E-state index contributed by atoms with van der Waals surface area (Å²) >= 11 is 0. The Morgan fingerprint density at radius 3 is 2.00 bits per heavy atom. The van der Waals surface area contributed by atoms with E-state index in [-0.39, 0.29) is 22.7 Å². The van der Waals surface area contributed by atoms with E-state index in [1.54, 1.807) is 4.31 Å². The summed E-state index contributed by atoms with van der Waals surface area (Å²) in [5.74, 6) is 1.64. The van der Waals surface area contributed by atoms with Crippen LogP contribution in [0.2, 0.25) is 0 Å². The van der Waals surface area contributed by atoms with Gasteiger partial charge in [-0.15, -0.1) is 0 Å². The molecule has 1 aromatic carbocycles. The molecular weight excluding hydrogens is 398 g/mol. The minimum atomic E-state index is -3.63. The zero-order valence-electron chi connectivity index (χ0n) is 16.4. The zero-order chi connectivity index (χ0) is 20.2. The Balaban J connectivity index is 1.31. The standard InChI is InChI=1S/C21H28F2N2O3S/c22-21(23)28-19-5-7-20(8-6-19)29(26,27)25-16-3-4-17(25)11-18(10-16)24-12-14-1-2-15(9-14)13-24/h5-8,14-18,21H,1-4,9-13H2. The van der Waals surface area contributed by atoms with Crippen LogP contribution in [0.15, 0.2) is 29.2 Å². The van der Waals surface area contributed by atoms with Gasteiger partial charge in [0, 0.05) is 31.2 Å². The van der Waals surface area contributed by atoms with Gasteiger partial charge in [0.25, 0.3) is 0 Å². The number of piperidine rings is 2. The van der Waals surface area contributed by atoms with Gasteiger partial charge in [0.15, 0.2) is 0 Å². The lowest BCUT2D eigenvalue weighted by atomic mass is 9.92. The number of hydrogen-bond acceptors (Lipinski definition) is 4. The van der Waals surface area contributed by atoms with Crippen molar-refractivity contribution in [2.45, 2.75) is 74.6 Å². The Bertz CT molecular complexity index is 822. The van der Waals surface area contributed by atoms with Gasteiger partial charge >= 0.3 is 6.61 Å². The number of likely N-dealkylation sites (tertiary alicyclic amines) is 1. The first-order valence-electron chi connectivity index (χ1n) is 10.7. The van der Waals surface area contributed by atoms with Crippen molar-refractivity contribution in [3.8, 4) is 5.75 Å². The molecule has 4 unspecified atom stereocenters. The topological polar surface area (TPSA) is 49.9 Å². The first-order valence-corrected chi connectivity index (χ1v) is 12.2. The molecule has 4 bridgehead atoms. The Morgan fingerprint density at radius 1 is 0.862 bits per heavy atom. The van der Waals surface area contributed by atoms with E-state index < -0.39 is 16.6 Å². The minimum Gasteiger partial charge on any atom is -0.435 e. The monoisotopic (exact) mass is 426 g/mol. The van der Waals surface area contributed by atoms with Gasteiger partial charge in [-0.25, -0.2) is 8.42 Å². The Hall–Kier alpha value is -1.25. The summed E-state index contributed by atoms with van der Waals surface area (Å²) in [4.78, 5) is 2.81. The lowest BCUT2D eigenvalue weighted by Crippen LogP contribution is -2.54. The molecule has 8 heteroatoms. The fourth-order valence-electron chi connectivity index (χ4n) is 6.26. The average molecular weight is 427 g/mol. The second-order valence-corrected chi connectivity index (χ2v) is 11.0. The van der Waals surface area contributed by atoms with Crippen LogP contribution in [0.5, 0.6) is 5.75 Å². The quantitative estimate of drug-likeness (QED) is 0.720. The predicted molar refractivity (Wildman–Crippen MR) is 104 cm³/mol. The number of fused-ring (bicyclic) bond motifs is 4. The fourth-order valence-corrected chi connectivity index (χ4v) is 8.15. The number of benzene rings is 1. The van der Waals surface area contributed by atoms with Crippen LogP contribution in [0.4, 0.5) is 8.78 Å². The minimum absolute atomic E-state index is 0.0274. The molecule has 5 rings (SSSR count). The molecule has 4 atom stereocenters. The first-order chi connectivity index (χ1) is 13.9. The molecule has 1 saturated carbocycles. The maximum atomic E-state index is 13.3. The Labute approximate surface area is 171 Å². The van der Waals surface area contributed by atoms with Crippen molar-refractivity contribution < 1.29 is 21.9 Å². The molecule has 4 fully saturated rings. The van der Waals surface area contributed by atoms with E-state index in [0.29, 0.717) is 6.04 Å². The molecule has 1 aliphatic carbocycles. The lowest BCUT2D eigenvalue weighted by Gasteiger charge is -2.45. The van der Waals surface area contributed by atoms with Gasteiger partial charge in [0.1, 0.15) is 5.75 Å². The number of halogens is 2. The highest BCUT2D eigenvalue weighted by molar-refractivity contribution is 7.89. The van der Waals surface area contributed by atoms with Gasteiger partial charge in [-0.05, 0) is 81.0 Å². The van der Waals surface area contributed by atoms with Crippen molar-refractivity contribution in [1.29, 1.82) is 0 Å². The van der Waals surface area contributed by atoms with Gasteiger partial charge in [-0.3, -0.25) is 4.90 Å². The summed E-state index contributed by atoms with van der Waals surface area (Å²) in [6, 6.07) is 5.93. The molecule has 29 heavy (non-hydrogen) atoms. The van der Waals surface area contributed by atoms with Crippen molar-refractivity contribution >= 4 is 10.0 Å². The van der Waals surface area contributed by atoms with Crippen LogP contribution in [0, 0.1) is 11.8 Å². The number of nitrogens with zero attached hydrogens (tertiary/aromatic N) is 2. The van der Waals surface area contributed by atoms with E-state index in [1.807, 2.05) is 0 Å².